The maximum atomic E-state index is 11.5. The van der Waals surface area contributed by atoms with Crippen LogP contribution in [0.1, 0.15) is 31.4 Å². The van der Waals surface area contributed by atoms with Crippen molar-refractivity contribution in [3.63, 3.8) is 0 Å². The zero-order chi connectivity index (χ0) is 14.3. The molecule has 0 saturated heterocycles. The minimum absolute atomic E-state index is 0.248. The molecule has 3 amide bonds. The second-order valence-corrected chi connectivity index (χ2v) is 4.25. The normalized spacial score (nSPS) is 11.7. The molecule has 0 fully saturated rings. The first-order chi connectivity index (χ1) is 8.99. The van der Waals surface area contributed by atoms with E-state index in [4.69, 9.17) is 5.73 Å². The Hall–Kier alpha value is -2.08. The average Bonchev–Trinajstić information content (AvgIpc) is 2.34. The SMILES string of the molecule is CC(O)c1cccc(NC(=O)NCCCC(N)=O)c1. The van der Waals surface area contributed by atoms with Crippen molar-refractivity contribution in [3.8, 4) is 0 Å². The molecule has 1 aromatic carbocycles. The average molecular weight is 265 g/mol. The first kappa shape index (κ1) is 15.0. The monoisotopic (exact) mass is 265 g/mol. The number of rotatable bonds is 6. The van der Waals surface area contributed by atoms with Crippen molar-refractivity contribution in [2.24, 2.45) is 5.73 Å². The third kappa shape index (κ3) is 5.87. The lowest BCUT2D eigenvalue weighted by molar-refractivity contribution is -0.118. The third-order valence-electron chi connectivity index (χ3n) is 2.51. The van der Waals surface area contributed by atoms with Gasteiger partial charge < -0.3 is 21.5 Å². The second kappa shape index (κ2) is 7.38. The highest BCUT2D eigenvalue weighted by atomic mass is 16.3. The van der Waals surface area contributed by atoms with Crippen LogP contribution >= 0.6 is 0 Å². The van der Waals surface area contributed by atoms with Gasteiger partial charge in [0, 0.05) is 18.7 Å². The van der Waals surface area contributed by atoms with Crippen LogP contribution in [0.5, 0.6) is 0 Å². The van der Waals surface area contributed by atoms with Gasteiger partial charge >= 0.3 is 6.03 Å². The number of aliphatic hydroxyl groups excluding tert-OH is 1. The van der Waals surface area contributed by atoms with E-state index in [0.29, 0.717) is 18.7 Å². The molecule has 19 heavy (non-hydrogen) atoms. The van der Waals surface area contributed by atoms with Gasteiger partial charge in [-0.3, -0.25) is 4.79 Å². The van der Waals surface area contributed by atoms with E-state index in [-0.39, 0.29) is 18.4 Å². The third-order valence-corrected chi connectivity index (χ3v) is 2.51. The highest BCUT2D eigenvalue weighted by molar-refractivity contribution is 5.89. The van der Waals surface area contributed by atoms with Crippen LogP contribution in [0, 0.1) is 0 Å². The predicted molar refractivity (Wildman–Crippen MR) is 72.5 cm³/mol. The first-order valence-electron chi connectivity index (χ1n) is 6.10. The van der Waals surface area contributed by atoms with E-state index in [1.54, 1.807) is 31.2 Å². The summed E-state index contributed by atoms with van der Waals surface area (Å²) in [5.74, 6) is -0.383. The van der Waals surface area contributed by atoms with Crippen molar-refractivity contribution in [2.45, 2.75) is 25.9 Å². The van der Waals surface area contributed by atoms with E-state index < -0.39 is 6.10 Å². The Morgan fingerprint density at radius 2 is 2.16 bits per heavy atom. The van der Waals surface area contributed by atoms with E-state index in [1.165, 1.54) is 0 Å². The van der Waals surface area contributed by atoms with Crippen molar-refractivity contribution in [2.75, 3.05) is 11.9 Å². The van der Waals surface area contributed by atoms with Crippen LogP contribution in [-0.4, -0.2) is 23.6 Å². The van der Waals surface area contributed by atoms with Gasteiger partial charge in [0.2, 0.25) is 5.91 Å². The molecule has 104 valence electrons. The number of anilines is 1. The maximum Gasteiger partial charge on any atom is 0.319 e. The van der Waals surface area contributed by atoms with E-state index in [9.17, 15) is 14.7 Å². The summed E-state index contributed by atoms with van der Waals surface area (Å²) in [4.78, 5) is 22.0. The number of hydrogen-bond acceptors (Lipinski definition) is 3. The van der Waals surface area contributed by atoms with Gasteiger partial charge in [-0.15, -0.1) is 0 Å². The molecule has 0 aromatic heterocycles. The largest absolute Gasteiger partial charge is 0.389 e. The summed E-state index contributed by atoms with van der Waals surface area (Å²) in [6.07, 6.45) is 0.175. The lowest BCUT2D eigenvalue weighted by atomic mass is 10.1. The van der Waals surface area contributed by atoms with Crippen LogP contribution in [-0.2, 0) is 4.79 Å². The summed E-state index contributed by atoms with van der Waals surface area (Å²) in [5, 5.41) is 14.7. The number of primary amides is 1. The molecule has 0 radical (unpaired) electrons. The Morgan fingerprint density at radius 1 is 1.42 bits per heavy atom. The molecule has 1 rings (SSSR count). The number of carbonyl (C=O) groups is 2. The van der Waals surface area contributed by atoms with Gasteiger partial charge in [-0.05, 0) is 31.0 Å². The summed E-state index contributed by atoms with van der Waals surface area (Å²) in [7, 11) is 0. The number of nitrogens with one attached hydrogen (secondary N) is 2. The van der Waals surface area contributed by atoms with Crippen molar-refractivity contribution in [3.05, 3.63) is 29.8 Å². The molecule has 1 atom stereocenters. The summed E-state index contributed by atoms with van der Waals surface area (Å²) in [6.45, 7) is 2.04. The van der Waals surface area contributed by atoms with Crippen LogP contribution in [0.25, 0.3) is 0 Å². The van der Waals surface area contributed by atoms with Crippen LogP contribution in [0.15, 0.2) is 24.3 Å². The minimum Gasteiger partial charge on any atom is -0.389 e. The minimum atomic E-state index is -0.583. The number of nitrogens with two attached hydrogens (primary N) is 1. The Kier molecular flexibility index (Phi) is 5.81. The topological polar surface area (TPSA) is 104 Å². The molecule has 0 aliphatic heterocycles. The molecule has 6 nitrogen and oxygen atoms in total. The van der Waals surface area contributed by atoms with Crippen LogP contribution < -0.4 is 16.4 Å². The van der Waals surface area contributed by atoms with Gasteiger partial charge in [0.05, 0.1) is 6.10 Å². The summed E-state index contributed by atoms with van der Waals surface area (Å²) >= 11 is 0. The fourth-order valence-corrected chi connectivity index (χ4v) is 1.52. The molecular weight excluding hydrogens is 246 g/mol. The van der Waals surface area contributed by atoms with Crippen molar-refractivity contribution < 1.29 is 14.7 Å². The van der Waals surface area contributed by atoms with Crippen molar-refractivity contribution in [1.82, 2.24) is 5.32 Å². The number of hydrogen-bond donors (Lipinski definition) is 4. The van der Waals surface area contributed by atoms with Gasteiger partial charge in [-0.25, -0.2) is 4.79 Å². The fourth-order valence-electron chi connectivity index (χ4n) is 1.52. The highest BCUT2D eigenvalue weighted by Gasteiger charge is 2.04. The van der Waals surface area contributed by atoms with Crippen molar-refractivity contribution in [1.29, 1.82) is 0 Å². The van der Waals surface area contributed by atoms with Gasteiger partial charge in [-0.2, -0.15) is 0 Å². The Labute approximate surface area is 112 Å². The molecule has 6 heteroatoms. The lowest BCUT2D eigenvalue weighted by Crippen LogP contribution is -2.30. The quantitative estimate of drug-likeness (QED) is 0.579. The van der Waals surface area contributed by atoms with E-state index >= 15 is 0 Å². The van der Waals surface area contributed by atoms with Gasteiger partial charge in [0.1, 0.15) is 0 Å². The van der Waals surface area contributed by atoms with E-state index in [2.05, 4.69) is 10.6 Å². The second-order valence-electron chi connectivity index (χ2n) is 4.25. The zero-order valence-electron chi connectivity index (χ0n) is 10.8. The number of carbonyl (C=O) groups excluding carboxylic acids is 2. The Bertz CT molecular complexity index is 447. The van der Waals surface area contributed by atoms with Crippen LogP contribution in [0.4, 0.5) is 10.5 Å². The van der Waals surface area contributed by atoms with Gasteiger partial charge in [-0.1, -0.05) is 12.1 Å². The molecule has 1 unspecified atom stereocenters. The number of amides is 3. The smallest absolute Gasteiger partial charge is 0.319 e. The van der Waals surface area contributed by atoms with Gasteiger partial charge in [0.25, 0.3) is 0 Å². The van der Waals surface area contributed by atoms with Crippen molar-refractivity contribution >= 4 is 17.6 Å². The maximum absolute atomic E-state index is 11.5. The number of benzene rings is 1. The molecule has 0 aliphatic carbocycles. The molecule has 1 aromatic rings. The summed E-state index contributed by atoms with van der Waals surface area (Å²) in [5.41, 5.74) is 6.32. The van der Waals surface area contributed by atoms with Gasteiger partial charge in [0.15, 0.2) is 0 Å². The fraction of sp³-hybridized carbons (Fsp3) is 0.385. The highest BCUT2D eigenvalue weighted by Crippen LogP contribution is 2.16. The van der Waals surface area contributed by atoms with E-state index in [1.807, 2.05) is 0 Å². The number of urea groups is 1. The Balaban J connectivity index is 2.39. The molecule has 0 aliphatic rings. The molecule has 5 N–H and O–H groups in total. The first-order valence-corrected chi connectivity index (χ1v) is 6.10. The number of aliphatic hydroxyl groups is 1. The molecule has 0 bridgehead atoms. The summed E-state index contributed by atoms with van der Waals surface area (Å²) in [6, 6.07) is 6.61. The zero-order valence-corrected chi connectivity index (χ0v) is 10.8. The van der Waals surface area contributed by atoms with E-state index in [0.717, 1.165) is 5.56 Å². The lowest BCUT2D eigenvalue weighted by Gasteiger charge is -2.10. The molecule has 0 heterocycles. The predicted octanol–water partition coefficient (Wildman–Crippen LogP) is 1.13. The van der Waals surface area contributed by atoms with Crippen LogP contribution in [0.2, 0.25) is 0 Å². The molecular formula is C13H19N3O3. The van der Waals surface area contributed by atoms with Crippen LogP contribution in [0.3, 0.4) is 0 Å². The summed E-state index contributed by atoms with van der Waals surface area (Å²) < 4.78 is 0. The Morgan fingerprint density at radius 3 is 2.79 bits per heavy atom. The standard InChI is InChI=1S/C13H19N3O3/c1-9(17)10-4-2-5-11(8-10)16-13(19)15-7-3-6-12(14)18/h2,4-5,8-9,17H,3,6-7H2,1H3,(H2,14,18)(H2,15,16,19). The molecule has 0 spiro atoms. The molecule has 0 saturated carbocycles.